The Balaban J connectivity index is 2.00. The molecule has 1 aromatic carbocycles. The number of likely N-dealkylation sites (tertiary alicyclic amines) is 1. The molecule has 1 aliphatic rings. The smallest absolute Gasteiger partial charge is 0.292 e. The molecule has 3 N–H and O–H groups in total. The number of piperidine rings is 1. The highest BCUT2D eigenvalue weighted by molar-refractivity contribution is 5.94. The molecule has 7 heteroatoms. The Morgan fingerprint density at radius 2 is 2.23 bits per heavy atom. The number of nitro groups is 1. The van der Waals surface area contributed by atoms with E-state index in [1.54, 1.807) is 12.1 Å². The van der Waals surface area contributed by atoms with E-state index in [9.17, 15) is 14.9 Å². The molecule has 1 saturated heterocycles. The quantitative estimate of drug-likeness (QED) is 0.635. The molecule has 1 fully saturated rings. The summed E-state index contributed by atoms with van der Waals surface area (Å²) < 4.78 is 0. The van der Waals surface area contributed by atoms with Crippen LogP contribution in [-0.2, 0) is 4.79 Å². The minimum atomic E-state index is -0.499. The fourth-order valence-corrected chi connectivity index (χ4v) is 2.87. The van der Waals surface area contributed by atoms with Crippen molar-refractivity contribution in [3.8, 4) is 0 Å². The number of nitrogens with zero attached hydrogens (tertiary/aromatic N) is 2. The summed E-state index contributed by atoms with van der Waals surface area (Å²) in [6.45, 7) is 3.74. The summed E-state index contributed by atoms with van der Waals surface area (Å²) in [4.78, 5) is 24.7. The molecule has 1 aromatic rings. The first-order valence-corrected chi connectivity index (χ1v) is 7.48. The Hall–Kier alpha value is -1.99. The molecule has 0 saturated carbocycles. The van der Waals surface area contributed by atoms with E-state index in [-0.39, 0.29) is 29.9 Å². The molecule has 0 radical (unpaired) electrons. The maximum atomic E-state index is 12.2. The third kappa shape index (κ3) is 4.02. The van der Waals surface area contributed by atoms with Crippen molar-refractivity contribution in [1.29, 1.82) is 0 Å². The first kappa shape index (κ1) is 16.4. The van der Waals surface area contributed by atoms with E-state index in [2.05, 4.69) is 17.1 Å². The van der Waals surface area contributed by atoms with Gasteiger partial charge in [0.25, 0.3) is 5.69 Å². The molecule has 0 spiro atoms. The standard InChI is InChI=1S/C15H22N4O3/c1-11-6-7-18(12(8-11)9-16)10-15(20)17-13-4-2-3-5-14(13)19(21)22/h2-5,11-12H,6-10,16H2,1H3,(H,17,20). The van der Waals surface area contributed by atoms with Crippen LogP contribution in [0.3, 0.4) is 0 Å². The Morgan fingerprint density at radius 1 is 1.50 bits per heavy atom. The van der Waals surface area contributed by atoms with Crippen molar-refractivity contribution in [2.45, 2.75) is 25.8 Å². The van der Waals surface area contributed by atoms with Crippen molar-refractivity contribution in [3.05, 3.63) is 34.4 Å². The van der Waals surface area contributed by atoms with Crippen LogP contribution in [0, 0.1) is 16.0 Å². The minimum Gasteiger partial charge on any atom is -0.329 e. The second kappa shape index (κ2) is 7.33. The van der Waals surface area contributed by atoms with Crippen molar-refractivity contribution in [1.82, 2.24) is 4.90 Å². The average molecular weight is 306 g/mol. The molecule has 1 amide bonds. The lowest BCUT2D eigenvalue weighted by Crippen LogP contribution is -2.49. The number of hydrogen-bond acceptors (Lipinski definition) is 5. The number of para-hydroxylation sites is 2. The molecule has 1 heterocycles. The van der Waals surface area contributed by atoms with Crippen molar-refractivity contribution in [2.75, 3.05) is 25.0 Å². The Morgan fingerprint density at radius 3 is 2.91 bits per heavy atom. The van der Waals surface area contributed by atoms with E-state index in [0.717, 1.165) is 19.4 Å². The van der Waals surface area contributed by atoms with Crippen LogP contribution >= 0.6 is 0 Å². The number of carbonyl (C=O) groups excluding carboxylic acids is 1. The lowest BCUT2D eigenvalue weighted by molar-refractivity contribution is -0.383. The average Bonchev–Trinajstić information content (AvgIpc) is 2.49. The molecule has 7 nitrogen and oxygen atoms in total. The van der Waals surface area contributed by atoms with Crippen LogP contribution in [0.2, 0.25) is 0 Å². The van der Waals surface area contributed by atoms with Crippen LogP contribution < -0.4 is 11.1 Å². The summed E-state index contributed by atoms with van der Waals surface area (Å²) >= 11 is 0. The Bertz CT molecular complexity index is 549. The largest absolute Gasteiger partial charge is 0.329 e. The lowest BCUT2D eigenvalue weighted by atomic mass is 9.92. The molecule has 1 aliphatic heterocycles. The number of nitrogens with two attached hydrogens (primary N) is 1. The summed E-state index contributed by atoms with van der Waals surface area (Å²) in [6, 6.07) is 6.34. The normalized spacial score (nSPS) is 22.3. The monoisotopic (exact) mass is 306 g/mol. The van der Waals surface area contributed by atoms with Gasteiger partial charge in [0.1, 0.15) is 5.69 Å². The molecular weight excluding hydrogens is 284 g/mol. The van der Waals surface area contributed by atoms with E-state index in [0.29, 0.717) is 12.5 Å². The summed E-state index contributed by atoms with van der Waals surface area (Å²) in [5.41, 5.74) is 5.92. The van der Waals surface area contributed by atoms with Crippen LogP contribution in [0.15, 0.2) is 24.3 Å². The molecule has 22 heavy (non-hydrogen) atoms. The van der Waals surface area contributed by atoms with Crippen LogP contribution in [-0.4, -0.2) is 41.4 Å². The Kier molecular flexibility index (Phi) is 5.46. The SMILES string of the molecule is CC1CCN(CC(=O)Nc2ccccc2[N+](=O)[O-])C(CN)C1. The number of nitro benzene ring substituents is 1. The molecule has 0 bridgehead atoms. The van der Waals surface area contributed by atoms with Gasteiger partial charge in [0, 0.05) is 18.7 Å². The van der Waals surface area contributed by atoms with E-state index >= 15 is 0 Å². The van der Waals surface area contributed by atoms with E-state index in [1.165, 1.54) is 12.1 Å². The third-order valence-corrected chi connectivity index (χ3v) is 4.09. The van der Waals surface area contributed by atoms with Gasteiger partial charge in [0.05, 0.1) is 11.5 Å². The molecule has 2 atom stereocenters. The Labute approximate surface area is 129 Å². The van der Waals surface area contributed by atoms with Crippen molar-refractivity contribution >= 4 is 17.3 Å². The molecule has 0 aromatic heterocycles. The zero-order chi connectivity index (χ0) is 16.1. The molecular formula is C15H22N4O3. The number of carbonyl (C=O) groups is 1. The highest BCUT2D eigenvalue weighted by Crippen LogP contribution is 2.24. The maximum absolute atomic E-state index is 12.2. The molecule has 2 unspecified atom stereocenters. The van der Waals surface area contributed by atoms with Gasteiger partial charge in [-0.2, -0.15) is 0 Å². The fourth-order valence-electron chi connectivity index (χ4n) is 2.87. The second-order valence-corrected chi connectivity index (χ2v) is 5.81. The van der Waals surface area contributed by atoms with Gasteiger partial charge in [0.15, 0.2) is 0 Å². The van der Waals surface area contributed by atoms with Crippen LogP contribution in [0.1, 0.15) is 19.8 Å². The lowest BCUT2D eigenvalue weighted by Gasteiger charge is -2.37. The third-order valence-electron chi connectivity index (χ3n) is 4.09. The van der Waals surface area contributed by atoms with Gasteiger partial charge < -0.3 is 11.1 Å². The van der Waals surface area contributed by atoms with Crippen molar-refractivity contribution < 1.29 is 9.72 Å². The predicted octanol–water partition coefficient (Wildman–Crippen LogP) is 1.59. The number of anilines is 1. The topological polar surface area (TPSA) is 102 Å². The number of rotatable bonds is 5. The number of hydrogen-bond donors (Lipinski definition) is 2. The summed E-state index contributed by atoms with van der Waals surface area (Å²) in [6.07, 6.45) is 2.02. The van der Waals surface area contributed by atoms with Crippen LogP contribution in [0.25, 0.3) is 0 Å². The van der Waals surface area contributed by atoms with Gasteiger partial charge in [0.2, 0.25) is 5.91 Å². The van der Waals surface area contributed by atoms with E-state index < -0.39 is 4.92 Å². The highest BCUT2D eigenvalue weighted by atomic mass is 16.6. The predicted molar refractivity (Wildman–Crippen MR) is 84.5 cm³/mol. The zero-order valence-electron chi connectivity index (χ0n) is 12.7. The first-order chi connectivity index (χ1) is 10.5. The van der Waals surface area contributed by atoms with Crippen LogP contribution in [0.5, 0.6) is 0 Å². The number of nitrogens with one attached hydrogen (secondary N) is 1. The van der Waals surface area contributed by atoms with Crippen LogP contribution in [0.4, 0.5) is 11.4 Å². The number of benzene rings is 1. The van der Waals surface area contributed by atoms with Gasteiger partial charge in [-0.05, 0) is 31.4 Å². The summed E-state index contributed by atoms with van der Waals surface area (Å²) in [7, 11) is 0. The molecule has 2 rings (SSSR count). The minimum absolute atomic E-state index is 0.0986. The fraction of sp³-hybridized carbons (Fsp3) is 0.533. The first-order valence-electron chi connectivity index (χ1n) is 7.48. The maximum Gasteiger partial charge on any atom is 0.292 e. The van der Waals surface area contributed by atoms with Crippen molar-refractivity contribution in [2.24, 2.45) is 11.7 Å². The summed E-state index contributed by atoms with van der Waals surface area (Å²) in [5, 5.41) is 13.6. The molecule has 0 aliphatic carbocycles. The van der Waals surface area contributed by atoms with E-state index in [1.807, 2.05) is 0 Å². The highest BCUT2D eigenvalue weighted by Gasteiger charge is 2.27. The second-order valence-electron chi connectivity index (χ2n) is 5.81. The summed E-state index contributed by atoms with van der Waals surface area (Å²) in [5.74, 6) is 0.366. The van der Waals surface area contributed by atoms with E-state index in [4.69, 9.17) is 5.73 Å². The zero-order valence-corrected chi connectivity index (χ0v) is 12.7. The van der Waals surface area contributed by atoms with Gasteiger partial charge in [-0.25, -0.2) is 0 Å². The van der Waals surface area contributed by atoms with Gasteiger partial charge in [-0.1, -0.05) is 19.1 Å². The van der Waals surface area contributed by atoms with Gasteiger partial charge in [-0.3, -0.25) is 19.8 Å². The molecule has 120 valence electrons. The van der Waals surface area contributed by atoms with Crippen molar-refractivity contribution in [3.63, 3.8) is 0 Å². The van der Waals surface area contributed by atoms with Gasteiger partial charge in [-0.15, -0.1) is 0 Å². The number of amides is 1. The van der Waals surface area contributed by atoms with Gasteiger partial charge >= 0.3 is 0 Å².